The van der Waals surface area contributed by atoms with Crippen LogP contribution in [0, 0.1) is 11.6 Å². The first-order valence-electron chi connectivity index (χ1n) is 9.61. The first-order valence-corrected chi connectivity index (χ1v) is 9.61. The third-order valence-corrected chi connectivity index (χ3v) is 5.21. The first kappa shape index (κ1) is 20.5. The Labute approximate surface area is 175 Å². The summed E-state index contributed by atoms with van der Waals surface area (Å²) in [4.78, 5) is 41.5. The minimum Gasteiger partial charge on any atom is -0.368 e. The summed E-state index contributed by atoms with van der Waals surface area (Å²) in [6.07, 6.45) is 0. The molecule has 3 aromatic rings. The average molecular weight is 427 g/mol. The van der Waals surface area contributed by atoms with E-state index >= 15 is 0 Å². The summed E-state index contributed by atoms with van der Waals surface area (Å²) in [6.45, 7) is 1.65. The van der Waals surface area contributed by atoms with Crippen molar-refractivity contribution in [3.63, 3.8) is 0 Å². The maximum Gasteiger partial charge on any atom is 0.351 e. The summed E-state index contributed by atoms with van der Waals surface area (Å²) in [5.74, 6) is -1.40. The van der Waals surface area contributed by atoms with E-state index in [-0.39, 0.29) is 17.2 Å². The van der Waals surface area contributed by atoms with Gasteiger partial charge < -0.3 is 9.80 Å². The first-order chi connectivity index (χ1) is 14.8. The van der Waals surface area contributed by atoms with Gasteiger partial charge in [-0.15, -0.1) is 0 Å². The molecule has 4 rings (SSSR count). The molecule has 0 N–H and O–H groups in total. The lowest BCUT2D eigenvalue weighted by Crippen LogP contribution is -2.51. The molecule has 0 atom stereocenters. The van der Waals surface area contributed by atoms with Gasteiger partial charge in [0.05, 0.1) is 5.69 Å². The molecule has 31 heavy (non-hydrogen) atoms. The van der Waals surface area contributed by atoms with Crippen LogP contribution in [0.25, 0.3) is 5.69 Å². The van der Waals surface area contributed by atoms with Gasteiger partial charge in [-0.2, -0.15) is 9.78 Å². The third-order valence-electron chi connectivity index (χ3n) is 5.21. The SMILES string of the molecule is Cn1c(=O)c(C(=O)N2CCN(c3ccc(F)cc3)CC2)nn(-c2ccc(F)cc2)c1=O. The number of carbonyl (C=O) groups is 1. The van der Waals surface area contributed by atoms with Gasteiger partial charge in [-0.05, 0) is 48.5 Å². The highest BCUT2D eigenvalue weighted by atomic mass is 19.1. The molecule has 1 aromatic heterocycles. The number of piperazine rings is 1. The average Bonchev–Trinajstić information content (AvgIpc) is 2.79. The topological polar surface area (TPSA) is 80.4 Å². The number of nitrogens with zero attached hydrogens (tertiary/aromatic N) is 5. The van der Waals surface area contributed by atoms with Crippen LogP contribution < -0.4 is 16.1 Å². The van der Waals surface area contributed by atoms with E-state index in [1.807, 2.05) is 4.90 Å². The summed E-state index contributed by atoms with van der Waals surface area (Å²) >= 11 is 0. The van der Waals surface area contributed by atoms with E-state index in [9.17, 15) is 23.2 Å². The quantitative estimate of drug-likeness (QED) is 0.627. The van der Waals surface area contributed by atoms with Crippen LogP contribution in [0.4, 0.5) is 14.5 Å². The molecule has 1 saturated heterocycles. The Morgan fingerprint density at radius 2 is 1.35 bits per heavy atom. The number of hydrogen-bond donors (Lipinski definition) is 0. The number of halogens is 2. The van der Waals surface area contributed by atoms with Crippen molar-refractivity contribution in [2.24, 2.45) is 7.05 Å². The summed E-state index contributed by atoms with van der Waals surface area (Å²) in [7, 11) is 1.26. The molecule has 0 spiro atoms. The van der Waals surface area contributed by atoms with Crippen LogP contribution >= 0.6 is 0 Å². The van der Waals surface area contributed by atoms with Crippen LogP contribution in [0.3, 0.4) is 0 Å². The summed E-state index contributed by atoms with van der Waals surface area (Å²) in [5.41, 5.74) is -0.852. The van der Waals surface area contributed by atoms with E-state index in [0.29, 0.717) is 26.2 Å². The summed E-state index contributed by atoms with van der Waals surface area (Å²) in [6, 6.07) is 11.1. The number of aromatic nitrogens is 3. The number of benzene rings is 2. The van der Waals surface area contributed by atoms with Crippen LogP contribution in [0.1, 0.15) is 10.5 Å². The molecule has 10 heteroatoms. The van der Waals surface area contributed by atoms with Crippen molar-refractivity contribution in [3.05, 3.63) is 86.7 Å². The second kappa shape index (κ2) is 8.13. The van der Waals surface area contributed by atoms with Gasteiger partial charge >= 0.3 is 5.69 Å². The van der Waals surface area contributed by atoms with Crippen LogP contribution in [0.5, 0.6) is 0 Å². The van der Waals surface area contributed by atoms with Crippen molar-refractivity contribution < 1.29 is 13.6 Å². The van der Waals surface area contributed by atoms with Gasteiger partial charge in [-0.25, -0.2) is 13.6 Å². The zero-order valence-electron chi connectivity index (χ0n) is 16.7. The van der Waals surface area contributed by atoms with Crippen LogP contribution in [0.15, 0.2) is 58.1 Å². The van der Waals surface area contributed by atoms with Gasteiger partial charge in [-0.1, -0.05) is 0 Å². The van der Waals surface area contributed by atoms with E-state index in [1.54, 1.807) is 12.1 Å². The minimum absolute atomic E-state index is 0.233. The maximum absolute atomic E-state index is 13.2. The van der Waals surface area contributed by atoms with Gasteiger partial charge in [0.1, 0.15) is 11.6 Å². The molecule has 0 unspecified atom stereocenters. The molecule has 1 amide bonds. The zero-order valence-corrected chi connectivity index (χ0v) is 16.7. The molecule has 0 aliphatic carbocycles. The Hall–Kier alpha value is -3.82. The molecule has 2 heterocycles. The monoisotopic (exact) mass is 427 g/mol. The lowest BCUT2D eigenvalue weighted by Gasteiger charge is -2.35. The number of carbonyl (C=O) groups excluding carboxylic acids is 1. The van der Waals surface area contributed by atoms with Crippen molar-refractivity contribution in [1.82, 2.24) is 19.2 Å². The molecular formula is C21H19F2N5O3. The summed E-state index contributed by atoms with van der Waals surface area (Å²) in [5, 5.41) is 4.00. The molecule has 1 aliphatic rings. The van der Waals surface area contributed by atoms with E-state index < -0.39 is 23.0 Å². The second-order valence-corrected chi connectivity index (χ2v) is 7.14. The Morgan fingerprint density at radius 3 is 1.90 bits per heavy atom. The van der Waals surface area contributed by atoms with Crippen molar-refractivity contribution in [3.8, 4) is 5.69 Å². The fourth-order valence-electron chi connectivity index (χ4n) is 3.43. The highest BCUT2D eigenvalue weighted by molar-refractivity contribution is 5.92. The fourth-order valence-corrected chi connectivity index (χ4v) is 3.43. The number of anilines is 1. The smallest absolute Gasteiger partial charge is 0.351 e. The van der Waals surface area contributed by atoms with E-state index in [4.69, 9.17) is 0 Å². The molecular weight excluding hydrogens is 408 g/mol. The molecule has 1 fully saturated rings. The Bertz CT molecular complexity index is 1230. The minimum atomic E-state index is -0.797. The normalized spacial score (nSPS) is 14.0. The number of hydrogen-bond acceptors (Lipinski definition) is 5. The standard InChI is InChI=1S/C21H19F2N5O3/c1-25-19(29)18(24-28(21(25)31)17-8-4-15(23)5-9-17)20(30)27-12-10-26(11-13-27)16-6-2-14(22)3-7-16/h2-9H,10-13H2,1H3. The lowest BCUT2D eigenvalue weighted by atomic mass is 10.2. The molecule has 0 radical (unpaired) electrons. The Kier molecular flexibility index (Phi) is 5.37. The van der Waals surface area contributed by atoms with Gasteiger partial charge in [0.15, 0.2) is 0 Å². The van der Waals surface area contributed by atoms with Crippen molar-refractivity contribution >= 4 is 11.6 Å². The van der Waals surface area contributed by atoms with E-state index in [1.165, 1.54) is 36.2 Å². The number of rotatable bonds is 3. The van der Waals surface area contributed by atoms with Gasteiger partial charge in [0, 0.05) is 38.9 Å². The zero-order chi connectivity index (χ0) is 22.1. The Morgan fingerprint density at radius 1 is 0.839 bits per heavy atom. The third kappa shape index (κ3) is 3.96. The van der Waals surface area contributed by atoms with Crippen molar-refractivity contribution in [2.75, 3.05) is 31.1 Å². The van der Waals surface area contributed by atoms with Crippen molar-refractivity contribution in [2.45, 2.75) is 0 Å². The van der Waals surface area contributed by atoms with Gasteiger partial charge in [0.2, 0.25) is 5.69 Å². The van der Waals surface area contributed by atoms with Gasteiger partial charge in [0.25, 0.3) is 11.5 Å². The van der Waals surface area contributed by atoms with Crippen LogP contribution in [-0.4, -0.2) is 51.3 Å². The molecule has 1 aliphatic heterocycles. The molecule has 2 aromatic carbocycles. The van der Waals surface area contributed by atoms with E-state index in [0.717, 1.165) is 27.1 Å². The van der Waals surface area contributed by atoms with Gasteiger partial charge in [-0.3, -0.25) is 14.2 Å². The number of amides is 1. The highest BCUT2D eigenvalue weighted by Crippen LogP contribution is 2.17. The lowest BCUT2D eigenvalue weighted by molar-refractivity contribution is 0.0735. The second-order valence-electron chi connectivity index (χ2n) is 7.14. The van der Waals surface area contributed by atoms with E-state index in [2.05, 4.69) is 5.10 Å². The predicted molar refractivity (Wildman–Crippen MR) is 110 cm³/mol. The molecule has 0 bridgehead atoms. The Balaban J connectivity index is 1.59. The fraction of sp³-hybridized carbons (Fsp3) is 0.238. The predicted octanol–water partition coefficient (Wildman–Crippen LogP) is 1.17. The molecule has 160 valence electrons. The van der Waals surface area contributed by atoms with Crippen LogP contribution in [0.2, 0.25) is 0 Å². The highest BCUT2D eigenvalue weighted by Gasteiger charge is 2.27. The van der Waals surface area contributed by atoms with Crippen molar-refractivity contribution in [1.29, 1.82) is 0 Å². The maximum atomic E-state index is 13.2. The summed E-state index contributed by atoms with van der Waals surface area (Å²) < 4.78 is 28.1. The molecule has 8 nitrogen and oxygen atoms in total. The molecule has 0 saturated carbocycles. The largest absolute Gasteiger partial charge is 0.368 e. The van der Waals surface area contributed by atoms with Crippen LogP contribution in [-0.2, 0) is 7.05 Å².